The van der Waals surface area contributed by atoms with Gasteiger partial charge < -0.3 is 9.72 Å². The fourth-order valence-electron chi connectivity index (χ4n) is 3.60. The molecule has 0 amide bonds. The number of nitrogens with one attached hydrogen (secondary N) is 1. The predicted octanol–water partition coefficient (Wildman–Crippen LogP) is 3.58. The van der Waals surface area contributed by atoms with Crippen LogP contribution in [-0.2, 0) is 10.0 Å². The van der Waals surface area contributed by atoms with Crippen LogP contribution >= 0.6 is 0 Å². The van der Waals surface area contributed by atoms with Gasteiger partial charge >= 0.3 is 0 Å². The lowest BCUT2D eigenvalue weighted by Crippen LogP contribution is -2.27. The second-order valence-corrected chi connectivity index (χ2v) is 8.64. The second kappa shape index (κ2) is 7.03. The van der Waals surface area contributed by atoms with E-state index in [-0.39, 0.29) is 16.2 Å². The second-order valence-electron chi connectivity index (χ2n) is 6.70. The summed E-state index contributed by atoms with van der Waals surface area (Å²) < 4.78 is 46.2. The van der Waals surface area contributed by atoms with Crippen molar-refractivity contribution in [3.8, 4) is 17.0 Å². The fourth-order valence-corrected chi connectivity index (χ4v) is 5.15. The van der Waals surface area contributed by atoms with E-state index in [1.54, 1.807) is 12.1 Å². The van der Waals surface area contributed by atoms with E-state index < -0.39 is 15.8 Å². The van der Waals surface area contributed by atoms with Crippen LogP contribution in [0, 0.1) is 5.82 Å². The van der Waals surface area contributed by atoms with Crippen molar-refractivity contribution in [2.45, 2.75) is 17.7 Å². The van der Waals surface area contributed by atoms with Crippen molar-refractivity contribution in [2.75, 3.05) is 20.2 Å². The largest absolute Gasteiger partial charge is 0.494 e. The van der Waals surface area contributed by atoms with Crippen LogP contribution in [0.4, 0.5) is 4.39 Å². The van der Waals surface area contributed by atoms with Crippen molar-refractivity contribution in [3.63, 3.8) is 0 Å². The van der Waals surface area contributed by atoms with Gasteiger partial charge in [-0.05, 0) is 49.2 Å². The number of methoxy groups -OCH3 is 1. The van der Waals surface area contributed by atoms with Crippen LogP contribution in [0.15, 0.2) is 41.3 Å². The Labute approximate surface area is 162 Å². The predicted molar refractivity (Wildman–Crippen MR) is 104 cm³/mol. The van der Waals surface area contributed by atoms with Gasteiger partial charge in [-0.3, -0.25) is 4.79 Å². The molecule has 28 heavy (non-hydrogen) atoms. The highest BCUT2D eigenvalue weighted by Gasteiger charge is 2.28. The van der Waals surface area contributed by atoms with Gasteiger partial charge in [-0.25, -0.2) is 12.8 Å². The fraction of sp³-hybridized carbons (Fsp3) is 0.250. The summed E-state index contributed by atoms with van der Waals surface area (Å²) in [6.45, 7) is 1.01. The molecule has 0 atom stereocenters. The lowest BCUT2D eigenvalue weighted by Gasteiger charge is -2.15. The van der Waals surface area contributed by atoms with E-state index in [1.165, 1.54) is 35.7 Å². The average molecular weight is 402 g/mol. The van der Waals surface area contributed by atoms with Crippen molar-refractivity contribution in [3.05, 3.63) is 47.8 Å². The van der Waals surface area contributed by atoms with E-state index >= 15 is 0 Å². The first-order valence-electron chi connectivity index (χ1n) is 8.90. The van der Waals surface area contributed by atoms with Crippen LogP contribution in [0.25, 0.3) is 22.2 Å². The van der Waals surface area contributed by atoms with E-state index in [1.807, 2.05) is 0 Å². The van der Waals surface area contributed by atoms with Crippen molar-refractivity contribution in [1.29, 1.82) is 0 Å². The van der Waals surface area contributed by atoms with Crippen molar-refractivity contribution in [1.82, 2.24) is 9.29 Å². The topological polar surface area (TPSA) is 79.5 Å². The molecule has 1 N–H and O–H groups in total. The summed E-state index contributed by atoms with van der Waals surface area (Å²) in [5.74, 6) is -0.445. The molecule has 4 rings (SSSR count). The summed E-state index contributed by atoms with van der Waals surface area (Å²) in [5, 5.41) is 0.487. The SMILES string of the molecule is COc1ccc(-c2[nH]c3ccc(S(=O)(=O)N4CCCC4)cc3c2C=O)cc1F. The Kier molecular flexibility index (Phi) is 4.68. The molecule has 0 unspecified atom stereocenters. The lowest BCUT2D eigenvalue weighted by atomic mass is 10.1. The molecule has 1 saturated heterocycles. The van der Waals surface area contributed by atoms with Crippen LogP contribution in [-0.4, -0.2) is 44.2 Å². The molecule has 0 bridgehead atoms. The molecule has 0 radical (unpaired) electrons. The Morgan fingerprint density at radius 1 is 1.14 bits per heavy atom. The Bertz CT molecular complexity index is 1160. The number of carbonyl (C=O) groups excluding carboxylic acids is 1. The van der Waals surface area contributed by atoms with Crippen molar-refractivity contribution in [2.24, 2.45) is 0 Å². The summed E-state index contributed by atoms with van der Waals surface area (Å²) in [7, 11) is -2.22. The maximum Gasteiger partial charge on any atom is 0.243 e. The Morgan fingerprint density at radius 3 is 2.54 bits per heavy atom. The summed E-state index contributed by atoms with van der Waals surface area (Å²) in [4.78, 5) is 15.0. The number of fused-ring (bicyclic) bond motifs is 1. The minimum atomic E-state index is -3.60. The van der Waals surface area contributed by atoms with Crippen LogP contribution < -0.4 is 4.74 Å². The van der Waals surface area contributed by atoms with Gasteiger partial charge in [-0.1, -0.05) is 0 Å². The first-order valence-corrected chi connectivity index (χ1v) is 10.3. The van der Waals surface area contributed by atoms with Crippen molar-refractivity contribution >= 4 is 27.2 Å². The molecule has 0 saturated carbocycles. The minimum absolute atomic E-state index is 0.103. The Hall–Kier alpha value is -2.71. The smallest absolute Gasteiger partial charge is 0.243 e. The number of benzene rings is 2. The van der Waals surface area contributed by atoms with E-state index in [0.717, 1.165) is 12.8 Å². The van der Waals surface area contributed by atoms with Gasteiger partial charge in [0.15, 0.2) is 17.9 Å². The van der Waals surface area contributed by atoms with E-state index in [0.29, 0.717) is 41.5 Å². The van der Waals surface area contributed by atoms with Gasteiger partial charge in [-0.2, -0.15) is 4.31 Å². The Morgan fingerprint density at radius 2 is 1.89 bits per heavy atom. The maximum atomic E-state index is 14.1. The first-order chi connectivity index (χ1) is 13.5. The molecule has 8 heteroatoms. The molecule has 1 aromatic heterocycles. The molecule has 6 nitrogen and oxygen atoms in total. The molecule has 0 aliphatic carbocycles. The molecule has 2 heterocycles. The summed E-state index contributed by atoms with van der Waals surface area (Å²) in [6, 6.07) is 9.06. The van der Waals surface area contributed by atoms with E-state index in [9.17, 15) is 17.6 Å². The molecule has 1 aliphatic rings. The third kappa shape index (κ3) is 2.98. The number of aldehydes is 1. The number of halogens is 1. The molecular formula is C20H19FN2O4S. The van der Waals surface area contributed by atoms with Gasteiger partial charge in [0.1, 0.15) is 0 Å². The van der Waals surface area contributed by atoms with Gasteiger partial charge in [0.2, 0.25) is 10.0 Å². The molecule has 1 aliphatic heterocycles. The standard InChI is InChI=1S/C20H19FN2O4S/c1-27-19-7-4-13(10-17(19)21)20-16(12-24)15-11-14(5-6-18(15)22-20)28(25,26)23-8-2-3-9-23/h4-7,10-12,22H,2-3,8-9H2,1H3. The highest BCUT2D eigenvalue weighted by atomic mass is 32.2. The lowest BCUT2D eigenvalue weighted by molar-refractivity contribution is 0.112. The zero-order valence-corrected chi connectivity index (χ0v) is 16.1. The molecule has 3 aromatic rings. The molecular weight excluding hydrogens is 383 g/mol. The number of aromatic nitrogens is 1. The number of nitrogens with zero attached hydrogens (tertiary/aromatic N) is 1. The van der Waals surface area contributed by atoms with Gasteiger partial charge in [0.25, 0.3) is 0 Å². The molecule has 0 spiro atoms. The molecule has 1 fully saturated rings. The third-order valence-corrected chi connectivity index (χ3v) is 6.97. The summed E-state index contributed by atoms with van der Waals surface area (Å²) in [5.41, 5.74) is 1.80. The Balaban J connectivity index is 1.85. The molecule has 146 valence electrons. The van der Waals surface area contributed by atoms with E-state index in [4.69, 9.17) is 4.74 Å². The first kappa shape index (κ1) is 18.6. The minimum Gasteiger partial charge on any atom is -0.494 e. The summed E-state index contributed by atoms with van der Waals surface area (Å²) >= 11 is 0. The zero-order chi connectivity index (χ0) is 19.9. The number of hydrogen-bond donors (Lipinski definition) is 1. The van der Waals surface area contributed by atoms with Crippen LogP contribution in [0.3, 0.4) is 0 Å². The quantitative estimate of drug-likeness (QED) is 0.662. The number of aromatic amines is 1. The number of ether oxygens (including phenoxy) is 1. The maximum absolute atomic E-state index is 14.1. The van der Waals surface area contributed by atoms with E-state index in [2.05, 4.69) is 4.98 Å². The number of H-pyrrole nitrogens is 1. The highest BCUT2D eigenvalue weighted by molar-refractivity contribution is 7.89. The van der Waals surface area contributed by atoms with Crippen LogP contribution in [0.2, 0.25) is 0 Å². The molecule has 2 aromatic carbocycles. The van der Waals surface area contributed by atoms with Gasteiger partial charge in [-0.15, -0.1) is 0 Å². The highest BCUT2D eigenvalue weighted by Crippen LogP contribution is 2.33. The normalized spacial score (nSPS) is 15.2. The zero-order valence-electron chi connectivity index (χ0n) is 15.2. The number of hydrogen-bond acceptors (Lipinski definition) is 4. The van der Waals surface area contributed by atoms with Crippen LogP contribution in [0.1, 0.15) is 23.2 Å². The average Bonchev–Trinajstić information content (AvgIpc) is 3.35. The monoisotopic (exact) mass is 402 g/mol. The van der Waals surface area contributed by atoms with Crippen LogP contribution in [0.5, 0.6) is 5.75 Å². The van der Waals surface area contributed by atoms with Gasteiger partial charge in [0, 0.05) is 35.1 Å². The van der Waals surface area contributed by atoms with Gasteiger partial charge in [0.05, 0.1) is 17.7 Å². The third-order valence-electron chi connectivity index (χ3n) is 5.07. The number of rotatable bonds is 5. The summed E-state index contributed by atoms with van der Waals surface area (Å²) in [6.07, 6.45) is 2.35. The number of sulfonamides is 1. The number of carbonyl (C=O) groups is 1. The van der Waals surface area contributed by atoms with Crippen molar-refractivity contribution < 1.29 is 22.3 Å².